The average Bonchev–Trinajstić information content (AvgIpc) is 2.28. The molecular weight excluding hydrogens is 268 g/mol. The Bertz CT molecular complexity index is 410. The zero-order valence-corrected chi connectivity index (χ0v) is 12.7. The van der Waals surface area contributed by atoms with Crippen LogP contribution >= 0.6 is 0 Å². The van der Waals surface area contributed by atoms with Gasteiger partial charge in [0.2, 0.25) is 0 Å². The summed E-state index contributed by atoms with van der Waals surface area (Å²) in [7, 11) is -3.56. The van der Waals surface area contributed by atoms with Crippen LogP contribution < -0.4 is 0 Å². The standard InChI is InChI=1S/C12H24N2O4S/c1-4-13(11(3)9-12(15)16)19(17,18)14-8-6-5-7-10(14)2/h10-11H,4-9H2,1-3H3,(H,15,16). The predicted molar refractivity (Wildman–Crippen MR) is 73.0 cm³/mol. The smallest absolute Gasteiger partial charge is 0.304 e. The van der Waals surface area contributed by atoms with Crippen molar-refractivity contribution in [3.63, 3.8) is 0 Å². The molecule has 6 nitrogen and oxygen atoms in total. The number of nitrogens with zero attached hydrogens (tertiary/aromatic N) is 2. The van der Waals surface area contributed by atoms with E-state index in [1.165, 1.54) is 8.61 Å². The fourth-order valence-corrected chi connectivity index (χ4v) is 4.65. The van der Waals surface area contributed by atoms with Gasteiger partial charge in [-0.25, -0.2) is 0 Å². The Kier molecular flexibility index (Phi) is 5.76. The van der Waals surface area contributed by atoms with Crippen molar-refractivity contribution in [3.05, 3.63) is 0 Å². The number of carbonyl (C=O) groups is 1. The van der Waals surface area contributed by atoms with Gasteiger partial charge >= 0.3 is 5.97 Å². The lowest BCUT2D eigenvalue weighted by Crippen LogP contribution is -2.52. The van der Waals surface area contributed by atoms with E-state index < -0.39 is 22.2 Å². The fourth-order valence-electron chi connectivity index (χ4n) is 2.61. The van der Waals surface area contributed by atoms with E-state index in [0.29, 0.717) is 13.1 Å². The van der Waals surface area contributed by atoms with E-state index in [1.807, 2.05) is 6.92 Å². The number of aliphatic carboxylic acids is 1. The normalized spacial score (nSPS) is 23.5. The Morgan fingerprint density at radius 1 is 1.47 bits per heavy atom. The second kappa shape index (κ2) is 6.67. The summed E-state index contributed by atoms with van der Waals surface area (Å²) in [6.45, 7) is 6.11. The van der Waals surface area contributed by atoms with Gasteiger partial charge in [-0.3, -0.25) is 4.79 Å². The van der Waals surface area contributed by atoms with Crippen LogP contribution in [0.15, 0.2) is 0 Å². The number of carboxylic acid groups (broad SMARTS) is 1. The minimum Gasteiger partial charge on any atom is -0.481 e. The summed E-state index contributed by atoms with van der Waals surface area (Å²) >= 11 is 0. The molecular formula is C12H24N2O4S. The fraction of sp³-hybridized carbons (Fsp3) is 0.917. The molecule has 0 bridgehead atoms. The lowest BCUT2D eigenvalue weighted by molar-refractivity contribution is -0.137. The maximum atomic E-state index is 12.6. The molecule has 0 radical (unpaired) electrons. The molecule has 112 valence electrons. The molecule has 0 spiro atoms. The molecule has 19 heavy (non-hydrogen) atoms. The summed E-state index contributed by atoms with van der Waals surface area (Å²) in [6, 6.07) is -0.536. The molecule has 1 heterocycles. The van der Waals surface area contributed by atoms with E-state index in [1.54, 1.807) is 13.8 Å². The molecule has 7 heteroatoms. The molecule has 2 unspecified atom stereocenters. The molecule has 1 saturated heterocycles. The summed E-state index contributed by atoms with van der Waals surface area (Å²) in [5, 5.41) is 8.82. The SMILES string of the molecule is CCN(C(C)CC(=O)O)S(=O)(=O)N1CCCCC1C. The van der Waals surface area contributed by atoms with Crippen LogP contribution in [0.3, 0.4) is 0 Å². The van der Waals surface area contributed by atoms with E-state index in [4.69, 9.17) is 5.11 Å². The van der Waals surface area contributed by atoms with Gasteiger partial charge in [0.05, 0.1) is 6.42 Å². The number of hydrogen-bond donors (Lipinski definition) is 1. The largest absolute Gasteiger partial charge is 0.481 e. The summed E-state index contributed by atoms with van der Waals surface area (Å²) in [5.74, 6) is -0.979. The van der Waals surface area contributed by atoms with Crippen LogP contribution in [0.5, 0.6) is 0 Å². The quantitative estimate of drug-likeness (QED) is 0.800. The molecule has 1 fully saturated rings. The molecule has 0 aromatic rings. The van der Waals surface area contributed by atoms with E-state index >= 15 is 0 Å². The van der Waals surface area contributed by atoms with Crippen molar-refractivity contribution < 1.29 is 18.3 Å². The van der Waals surface area contributed by atoms with Gasteiger partial charge in [-0.15, -0.1) is 0 Å². The molecule has 0 aromatic carbocycles. The lowest BCUT2D eigenvalue weighted by atomic mass is 10.1. The zero-order valence-electron chi connectivity index (χ0n) is 11.9. The Balaban J connectivity index is 2.91. The summed E-state index contributed by atoms with van der Waals surface area (Å²) in [6.07, 6.45) is 2.61. The van der Waals surface area contributed by atoms with Gasteiger partial charge in [-0.1, -0.05) is 13.3 Å². The van der Waals surface area contributed by atoms with Gasteiger partial charge in [0.15, 0.2) is 0 Å². The van der Waals surface area contributed by atoms with E-state index in [9.17, 15) is 13.2 Å². The molecule has 0 amide bonds. The van der Waals surface area contributed by atoms with Gasteiger partial charge in [0.25, 0.3) is 10.2 Å². The summed E-state index contributed by atoms with van der Waals surface area (Å²) < 4.78 is 28.0. The molecule has 1 rings (SSSR count). The minimum atomic E-state index is -3.56. The second-order valence-corrected chi connectivity index (χ2v) is 6.95. The molecule has 0 aliphatic carbocycles. The maximum absolute atomic E-state index is 12.6. The van der Waals surface area contributed by atoms with Gasteiger partial charge in [0.1, 0.15) is 0 Å². The topological polar surface area (TPSA) is 77.9 Å². The molecule has 0 aromatic heterocycles. The maximum Gasteiger partial charge on any atom is 0.304 e. The Morgan fingerprint density at radius 2 is 2.11 bits per heavy atom. The first kappa shape index (κ1) is 16.4. The van der Waals surface area contributed by atoms with Gasteiger partial charge in [-0.05, 0) is 26.7 Å². The molecule has 0 saturated carbocycles. The minimum absolute atomic E-state index is 0.00942. The second-order valence-electron chi connectivity index (χ2n) is 5.11. The van der Waals surface area contributed by atoms with E-state index in [2.05, 4.69) is 0 Å². The van der Waals surface area contributed by atoms with Gasteiger partial charge in [-0.2, -0.15) is 17.0 Å². The monoisotopic (exact) mass is 292 g/mol. The number of rotatable bonds is 6. The molecule has 2 atom stereocenters. The lowest BCUT2D eigenvalue weighted by Gasteiger charge is -2.37. The van der Waals surface area contributed by atoms with Crippen molar-refractivity contribution in [1.82, 2.24) is 8.61 Å². The number of piperidine rings is 1. The van der Waals surface area contributed by atoms with Crippen LogP contribution in [0.2, 0.25) is 0 Å². The third-order valence-electron chi connectivity index (χ3n) is 3.61. The summed E-state index contributed by atoms with van der Waals surface area (Å²) in [4.78, 5) is 10.8. The highest BCUT2D eigenvalue weighted by Gasteiger charge is 2.36. The highest BCUT2D eigenvalue weighted by atomic mass is 32.2. The predicted octanol–water partition coefficient (Wildman–Crippen LogP) is 1.29. The highest BCUT2D eigenvalue weighted by Crippen LogP contribution is 2.24. The van der Waals surface area contributed by atoms with Crippen LogP contribution in [-0.4, -0.2) is 53.3 Å². The van der Waals surface area contributed by atoms with Crippen LogP contribution in [0, 0.1) is 0 Å². The molecule has 1 aliphatic heterocycles. The van der Waals surface area contributed by atoms with Crippen LogP contribution in [-0.2, 0) is 15.0 Å². The molecule has 1 aliphatic rings. The van der Waals surface area contributed by atoms with E-state index in [0.717, 1.165) is 19.3 Å². The Labute approximate surface area is 115 Å². The molecule has 1 N–H and O–H groups in total. The third-order valence-corrected chi connectivity index (χ3v) is 5.95. The van der Waals surface area contributed by atoms with Gasteiger partial charge in [0, 0.05) is 25.2 Å². The van der Waals surface area contributed by atoms with Gasteiger partial charge < -0.3 is 5.11 Å². The summed E-state index contributed by atoms with van der Waals surface area (Å²) in [5.41, 5.74) is 0. The first-order valence-electron chi connectivity index (χ1n) is 6.81. The van der Waals surface area contributed by atoms with Crippen molar-refractivity contribution in [2.45, 2.75) is 58.5 Å². The first-order valence-corrected chi connectivity index (χ1v) is 8.20. The highest BCUT2D eigenvalue weighted by molar-refractivity contribution is 7.86. The first-order chi connectivity index (χ1) is 8.80. The van der Waals surface area contributed by atoms with Crippen molar-refractivity contribution in [2.75, 3.05) is 13.1 Å². The Hall–Kier alpha value is -0.660. The third kappa shape index (κ3) is 3.90. The van der Waals surface area contributed by atoms with Crippen molar-refractivity contribution in [2.24, 2.45) is 0 Å². The van der Waals surface area contributed by atoms with Crippen LogP contribution in [0.25, 0.3) is 0 Å². The Morgan fingerprint density at radius 3 is 2.58 bits per heavy atom. The zero-order chi connectivity index (χ0) is 14.6. The van der Waals surface area contributed by atoms with E-state index in [-0.39, 0.29) is 12.5 Å². The van der Waals surface area contributed by atoms with Crippen LogP contribution in [0.1, 0.15) is 46.5 Å². The van der Waals surface area contributed by atoms with Crippen molar-refractivity contribution in [1.29, 1.82) is 0 Å². The van der Waals surface area contributed by atoms with Crippen molar-refractivity contribution >= 4 is 16.2 Å². The van der Waals surface area contributed by atoms with Crippen molar-refractivity contribution in [3.8, 4) is 0 Å². The number of hydrogen-bond acceptors (Lipinski definition) is 3. The average molecular weight is 292 g/mol. The van der Waals surface area contributed by atoms with Crippen LogP contribution in [0.4, 0.5) is 0 Å². The number of carboxylic acids is 1.